The minimum Gasteiger partial charge on any atom is -0.459 e. The molecule has 2 aromatic rings. The van der Waals surface area contributed by atoms with Gasteiger partial charge in [-0.3, -0.25) is 0 Å². The lowest BCUT2D eigenvalue weighted by atomic mass is 10.4. The van der Waals surface area contributed by atoms with Crippen molar-refractivity contribution in [2.75, 3.05) is 6.61 Å². The molecule has 1 N–H and O–H groups in total. The number of aromatic nitrogens is 5. The zero-order chi connectivity index (χ0) is 10.7. The molecule has 0 radical (unpaired) electrons. The van der Waals surface area contributed by atoms with E-state index >= 15 is 0 Å². The molecule has 15 heavy (non-hydrogen) atoms. The molecule has 0 amide bonds. The maximum atomic E-state index is 11.2. The Kier molecular flexibility index (Phi) is 2.40. The van der Waals surface area contributed by atoms with Crippen molar-refractivity contribution in [2.24, 2.45) is 0 Å². The smallest absolute Gasteiger partial charge is 0.397 e. The summed E-state index contributed by atoms with van der Waals surface area (Å²) < 4.78 is 9.37. The van der Waals surface area contributed by atoms with Crippen molar-refractivity contribution < 1.29 is 14.1 Å². The van der Waals surface area contributed by atoms with Gasteiger partial charge in [-0.2, -0.15) is 20.4 Å². The second-order valence-corrected chi connectivity index (χ2v) is 2.50. The number of esters is 1. The summed E-state index contributed by atoms with van der Waals surface area (Å²) in [5.41, 5.74) is 0.397. The molecule has 0 aliphatic carbocycles. The molecule has 0 saturated heterocycles. The number of carbonyl (C=O) groups is 1. The Bertz CT molecular complexity index is 449. The van der Waals surface area contributed by atoms with E-state index in [-0.39, 0.29) is 18.3 Å². The number of nitrogens with zero attached hydrogens (tertiary/aromatic N) is 4. The van der Waals surface area contributed by atoms with Crippen molar-refractivity contribution in [3.05, 3.63) is 12.1 Å². The number of H-pyrrole nitrogens is 1. The van der Waals surface area contributed by atoms with Gasteiger partial charge in [0.05, 0.1) is 12.8 Å². The average molecular weight is 209 g/mol. The summed E-state index contributed by atoms with van der Waals surface area (Å²) in [6.45, 7) is 1.94. The van der Waals surface area contributed by atoms with Crippen molar-refractivity contribution in [1.82, 2.24) is 25.6 Å². The molecule has 8 nitrogen and oxygen atoms in total. The van der Waals surface area contributed by atoms with Crippen LogP contribution in [-0.4, -0.2) is 38.1 Å². The maximum Gasteiger partial charge on any atom is 0.397 e. The molecule has 2 aromatic heterocycles. The van der Waals surface area contributed by atoms with E-state index in [1.807, 2.05) is 0 Å². The summed E-state index contributed by atoms with van der Waals surface area (Å²) in [6, 6.07) is 0. The zero-order valence-corrected chi connectivity index (χ0v) is 7.80. The van der Waals surface area contributed by atoms with Gasteiger partial charge in [0.1, 0.15) is 0 Å². The molecule has 8 heteroatoms. The van der Waals surface area contributed by atoms with Crippen LogP contribution >= 0.6 is 0 Å². The molecule has 2 rings (SSSR count). The third kappa shape index (κ3) is 1.82. The maximum absolute atomic E-state index is 11.2. The van der Waals surface area contributed by atoms with Crippen molar-refractivity contribution in [1.29, 1.82) is 0 Å². The normalized spacial score (nSPS) is 10.2. The topological polar surface area (TPSA) is 107 Å². The first-order valence-electron chi connectivity index (χ1n) is 4.18. The van der Waals surface area contributed by atoms with E-state index in [0.29, 0.717) is 5.69 Å². The second-order valence-electron chi connectivity index (χ2n) is 2.50. The van der Waals surface area contributed by atoms with Gasteiger partial charge in [-0.1, -0.05) is 5.16 Å². The molecule has 78 valence electrons. The number of aromatic amines is 1. The number of hydrogen-bond donors (Lipinski definition) is 1. The predicted molar refractivity (Wildman–Crippen MR) is 45.6 cm³/mol. The quantitative estimate of drug-likeness (QED) is 0.710. The summed E-state index contributed by atoms with van der Waals surface area (Å²) in [5, 5.41) is 13.3. The van der Waals surface area contributed by atoms with Crippen molar-refractivity contribution in [3.63, 3.8) is 0 Å². The van der Waals surface area contributed by atoms with Crippen LogP contribution in [0.5, 0.6) is 0 Å². The van der Waals surface area contributed by atoms with Crippen molar-refractivity contribution in [3.8, 4) is 11.5 Å². The molecule has 0 atom stereocenters. The number of carbonyl (C=O) groups excluding carboxylic acids is 1. The van der Waals surface area contributed by atoms with Gasteiger partial charge in [-0.15, -0.1) is 0 Å². The van der Waals surface area contributed by atoms with Crippen molar-refractivity contribution in [2.45, 2.75) is 6.92 Å². The Balaban J connectivity index is 2.21. The van der Waals surface area contributed by atoms with E-state index in [2.05, 4.69) is 34.8 Å². The van der Waals surface area contributed by atoms with Crippen LogP contribution in [0.1, 0.15) is 17.6 Å². The largest absolute Gasteiger partial charge is 0.459 e. The Morgan fingerprint density at radius 1 is 1.67 bits per heavy atom. The van der Waals surface area contributed by atoms with Gasteiger partial charge in [0, 0.05) is 0 Å². The highest BCUT2D eigenvalue weighted by Crippen LogP contribution is 2.10. The van der Waals surface area contributed by atoms with Gasteiger partial charge in [0.15, 0.2) is 5.69 Å². The number of ether oxygens (including phenoxy) is 1. The Labute approximate surface area is 83.6 Å². The summed E-state index contributed by atoms with van der Waals surface area (Å²) in [4.78, 5) is 15.0. The molecule has 0 aromatic carbocycles. The van der Waals surface area contributed by atoms with Gasteiger partial charge in [0.25, 0.3) is 0 Å². The van der Waals surface area contributed by atoms with Crippen LogP contribution in [0, 0.1) is 0 Å². The van der Waals surface area contributed by atoms with Crippen LogP contribution < -0.4 is 0 Å². The molecule has 0 aliphatic heterocycles. The fraction of sp³-hybridized carbons (Fsp3) is 0.286. The first-order valence-corrected chi connectivity index (χ1v) is 4.18. The molecule has 0 unspecified atom stereocenters. The second kappa shape index (κ2) is 3.86. The lowest BCUT2D eigenvalue weighted by Crippen LogP contribution is -2.04. The van der Waals surface area contributed by atoms with Gasteiger partial charge >= 0.3 is 11.9 Å². The molecule has 0 spiro atoms. The van der Waals surface area contributed by atoms with E-state index in [0.717, 1.165) is 0 Å². The summed E-state index contributed by atoms with van der Waals surface area (Å²) in [5.74, 6) is -0.665. The van der Waals surface area contributed by atoms with E-state index in [1.165, 1.54) is 6.20 Å². The van der Waals surface area contributed by atoms with Crippen LogP contribution in [0.3, 0.4) is 0 Å². The zero-order valence-electron chi connectivity index (χ0n) is 7.80. The van der Waals surface area contributed by atoms with Gasteiger partial charge in [-0.05, 0) is 6.92 Å². The van der Waals surface area contributed by atoms with E-state index < -0.39 is 5.97 Å². The third-order valence-electron chi connectivity index (χ3n) is 1.52. The molecular formula is C7H7N5O3. The van der Waals surface area contributed by atoms with Gasteiger partial charge < -0.3 is 9.26 Å². The Morgan fingerprint density at radius 2 is 2.53 bits per heavy atom. The SMILES string of the molecule is CCOC(=O)c1nc(-c2cn[nH]n2)no1. The Morgan fingerprint density at radius 3 is 3.20 bits per heavy atom. The minimum atomic E-state index is -0.653. The van der Waals surface area contributed by atoms with E-state index in [1.54, 1.807) is 6.92 Å². The lowest BCUT2D eigenvalue weighted by Gasteiger charge is -1.92. The Hall–Kier alpha value is -2.25. The van der Waals surface area contributed by atoms with Crippen LogP contribution in [0.25, 0.3) is 11.5 Å². The third-order valence-corrected chi connectivity index (χ3v) is 1.52. The fourth-order valence-electron chi connectivity index (χ4n) is 0.913. The summed E-state index contributed by atoms with van der Waals surface area (Å²) >= 11 is 0. The standard InChI is InChI=1S/C7H7N5O3/c1-2-14-7(13)6-9-5(11-15-6)4-3-8-12-10-4/h3H,2H2,1H3,(H,8,10,12). The highest BCUT2D eigenvalue weighted by Gasteiger charge is 2.17. The van der Waals surface area contributed by atoms with E-state index in [9.17, 15) is 4.79 Å². The monoisotopic (exact) mass is 209 g/mol. The minimum absolute atomic E-state index is 0.187. The number of rotatable bonds is 3. The molecule has 0 bridgehead atoms. The van der Waals surface area contributed by atoms with E-state index in [4.69, 9.17) is 0 Å². The number of nitrogens with one attached hydrogen (secondary N) is 1. The summed E-state index contributed by atoms with van der Waals surface area (Å²) in [7, 11) is 0. The van der Waals surface area contributed by atoms with Crippen LogP contribution in [0.4, 0.5) is 0 Å². The molecule has 2 heterocycles. The lowest BCUT2D eigenvalue weighted by molar-refractivity contribution is 0.0470. The first kappa shape index (κ1) is 9.31. The van der Waals surface area contributed by atoms with Gasteiger partial charge in [0.2, 0.25) is 5.82 Å². The first-order chi connectivity index (χ1) is 7.31. The van der Waals surface area contributed by atoms with Gasteiger partial charge in [-0.25, -0.2) is 4.79 Å². The predicted octanol–water partition coefficient (Wildman–Crippen LogP) is 0.0314. The molecule has 0 saturated carbocycles. The fourth-order valence-corrected chi connectivity index (χ4v) is 0.913. The average Bonchev–Trinajstić information content (AvgIpc) is 2.89. The van der Waals surface area contributed by atoms with Crippen molar-refractivity contribution >= 4 is 5.97 Å². The summed E-state index contributed by atoms with van der Waals surface area (Å²) in [6.07, 6.45) is 1.42. The molecule has 0 fully saturated rings. The highest BCUT2D eigenvalue weighted by atomic mass is 16.6. The number of hydrogen-bond acceptors (Lipinski definition) is 7. The highest BCUT2D eigenvalue weighted by molar-refractivity contribution is 5.84. The van der Waals surface area contributed by atoms with Crippen LogP contribution in [0.2, 0.25) is 0 Å². The molecule has 0 aliphatic rings. The van der Waals surface area contributed by atoms with Crippen LogP contribution in [0.15, 0.2) is 10.7 Å². The van der Waals surface area contributed by atoms with Crippen LogP contribution in [-0.2, 0) is 4.74 Å². The molecular weight excluding hydrogens is 202 g/mol.